The van der Waals surface area contributed by atoms with Crippen molar-refractivity contribution in [1.82, 2.24) is 4.72 Å². The highest BCUT2D eigenvalue weighted by atomic mass is 32.2. The van der Waals surface area contributed by atoms with Crippen molar-refractivity contribution in [2.75, 3.05) is 0 Å². The van der Waals surface area contributed by atoms with Crippen LogP contribution in [0.4, 0.5) is 0 Å². The summed E-state index contributed by atoms with van der Waals surface area (Å²) in [6.45, 7) is 0. The van der Waals surface area contributed by atoms with Crippen molar-refractivity contribution in [2.24, 2.45) is 0 Å². The Balaban J connectivity index is 1.59. The fraction of sp³-hybridized carbons (Fsp3) is 0.150. The van der Waals surface area contributed by atoms with E-state index in [2.05, 4.69) is 4.72 Å². The average Bonchev–Trinajstić information content (AvgIpc) is 3.13. The van der Waals surface area contributed by atoms with Crippen molar-refractivity contribution in [1.29, 1.82) is 0 Å². The first-order valence-electron chi connectivity index (χ1n) is 8.37. The topological polar surface area (TPSA) is 83.5 Å². The highest BCUT2D eigenvalue weighted by molar-refractivity contribution is 7.89. The van der Waals surface area contributed by atoms with Gasteiger partial charge in [-0.3, -0.25) is 4.79 Å². The first-order chi connectivity index (χ1) is 12.9. The molecule has 27 heavy (non-hydrogen) atoms. The summed E-state index contributed by atoms with van der Waals surface area (Å²) in [5.41, 5.74) is 1.25. The Morgan fingerprint density at radius 1 is 1.04 bits per heavy atom. The number of carbonyl (C=O) groups is 1. The zero-order valence-corrected chi connectivity index (χ0v) is 15.8. The minimum absolute atomic E-state index is 0.0563. The molecule has 7 heteroatoms. The molecule has 0 unspecified atom stereocenters. The molecule has 0 spiro atoms. The second-order valence-electron chi connectivity index (χ2n) is 6.59. The molecule has 0 aliphatic heterocycles. The summed E-state index contributed by atoms with van der Waals surface area (Å²) >= 11 is 1.57. The van der Waals surface area contributed by atoms with Crippen LogP contribution in [-0.4, -0.2) is 25.0 Å². The lowest BCUT2D eigenvalue weighted by Gasteiger charge is -2.16. The summed E-state index contributed by atoms with van der Waals surface area (Å²) in [5, 5.41) is 13.6. The van der Waals surface area contributed by atoms with Crippen molar-refractivity contribution < 1.29 is 18.3 Å². The van der Waals surface area contributed by atoms with Crippen LogP contribution in [0.25, 0.3) is 11.1 Å². The molecule has 0 bridgehead atoms. The number of thiophene rings is 1. The van der Waals surface area contributed by atoms with Gasteiger partial charge in [0.1, 0.15) is 5.54 Å². The van der Waals surface area contributed by atoms with Gasteiger partial charge in [-0.2, -0.15) is 16.1 Å². The van der Waals surface area contributed by atoms with Gasteiger partial charge < -0.3 is 5.11 Å². The average molecular weight is 399 g/mol. The SMILES string of the molecule is O=C(O)[C@@]1(NS(=O)(=O)c2ccc(-c3ccsc3)cc2)C[C@H]1c1ccccc1. The van der Waals surface area contributed by atoms with E-state index in [4.69, 9.17) is 0 Å². The van der Waals surface area contributed by atoms with Gasteiger partial charge in [0.05, 0.1) is 4.90 Å². The third kappa shape index (κ3) is 3.29. The number of aliphatic carboxylic acids is 1. The summed E-state index contributed by atoms with van der Waals surface area (Å²) in [7, 11) is -3.96. The van der Waals surface area contributed by atoms with Gasteiger partial charge in [-0.15, -0.1) is 0 Å². The maximum absolute atomic E-state index is 12.8. The zero-order valence-electron chi connectivity index (χ0n) is 14.2. The molecule has 1 saturated carbocycles. The Morgan fingerprint density at radius 3 is 2.33 bits per heavy atom. The molecule has 0 radical (unpaired) electrons. The molecule has 1 aliphatic rings. The van der Waals surface area contributed by atoms with E-state index < -0.39 is 21.5 Å². The maximum Gasteiger partial charge on any atom is 0.325 e. The van der Waals surface area contributed by atoms with E-state index in [1.54, 1.807) is 23.5 Å². The van der Waals surface area contributed by atoms with Crippen LogP contribution in [0.5, 0.6) is 0 Å². The largest absolute Gasteiger partial charge is 0.480 e. The molecule has 3 aromatic rings. The van der Waals surface area contributed by atoms with E-state index in [0.717, 1.165) is 16.7 Å². The molecule has 1 fully saturated rings. The molecule has 1 aromatic heterocycles. The zero-order chi connectivity index (χ0) is 19.1. The number of benzene rings is 2. The van der Waals surface area contributed by atoms with Crippen LogP contribution in [0.3, 0.4) is 0 Å². The number of carboxylic acid groups (broad SMARTS) is 1. The van der Waals surface area contributed by atoms with Crippen molar-refractivity contribution in [3.8, 4) is 11.1 Å². The second kappa shape index (κ2) is 6.60. The van der Waals surface area contributed by atoms with E-state index >= 15 is 0 Å². The standard InChI is InChI=1S/C20H17NO4S2/c22-19(23)20(12-18(20)15-4-2-1-3-5-15)21-27(24,25)17-8-6-14(7-9-17)16-10-11-26-13-16/h1-11,13,18,21H,12H2,(H,22,23)/t18-,20+/m0/s1. The van der Waals surface area contributed by atoms with Crippen LogP contribution in [0.2, 0.25) is 0 Å². The Kier molecular flexibility index (Phi) is 4.38. The molecule has 1 aliphatic carbocycles. The van der Waals surface area contributed by atoms with Crippen molar-refractivity contribution >= 4 is 27.3 Å². The van der Waals surface area contributed by atoms with E-state index in [1.807, 2.05) is 47.2 Å². The molecule has 5 nitrogen and oxygen atoms in total. The summed E-state index contributed by atoms with van der Waals surface area (Å²) in [5.74, 6) is -1.54. The first kappa shape index (κ1) is 17.9. The lowest BCUT2D eigenvalue weighted by atomic mass is 10.1. The van der Waals surface area contributed by atoms with Gasteiger partial charge in [0.25, 0.3) is 0 Å². The lowest BCUT2D eigenvalue weighted by molar-refractivity contribution is -0.140. The molecular weight excluding hydrogens is 382 g/mol. The smallest absolute Gasteiger partial charge is 0.325 e. The fourth-order valence-corrected chi connectivity index (χ4v) is 5.37. The number of carboxylic acids is 1. The number of sulfonamides is 1. The molecule has 138 valence electrons. The lowest BCUT2D eigenvalue weighted by Crippen LogP contribution is -2.44. The van der Waals surface area contributed by atoms with E-state index in [9.17, 15) is 18.3 Å². The molecule has 2 aromatic carbocycles. The van der Waals surface area contributed by atoms with Gasteiger partial charge in [0.2, 0.25) is 10.0 Å². The first-order valence-corrected chi connectivity index (χ1v) is 10.8. The van der Waals surface area contributed by atoms with Gasteiger partial charge >= 0.3 is 5.97 Å². The van der Waals surface area contributed by atoms with Crippen LogP contribution in [0, 0.1) is 0 Å². The number of nitrogens with one attached hydrogen (secondary N) is 1. The highest BCUT2D eigenvalue weighted by Gasteiger charge is 2.63. The normalized spacial score (nSPS) is 21.7. The van der Waals surface area contributed by atoms with E-state index in [1.165, 1.54) is 12.1 Å². The monoisotopic (exact) mass is 399 g/mol. The van der Waals surface area contributed by atoms with Gasteiger partial charge in [0, 0.05) is 5.92 Å². The quantitative estimate of drug-likeness (QED) is 0.662. The minimum Gasteiger partial charge on any atom is -0.480 e. The van der Waals surface area contributed by atoms with Crippen molar-refractivity contribution in [3.63, 3.8) is 0 Å². The predicted octanol–water partition coefficient (Wildman–Crippen LogP) is 3.70. The van der Waals surface area contributed by atoms with Crippen LogP contribution in [0.1, 0.15) is 17.9 Å². The van der Waals surface area contributed by atoms with E-state index in [0.29, 0.717) is 0 Å². The fourth-order valence-electron chi connectivity index (χ4n) is 3.30. The third-order valence-electron chi connectivity index (χ3n) is 4.88. The summed E-state index contributed by atoms with van der Waals surface area (Å²) < 4.78 is 28.0. The Hall–Kier alpha value is -2.48. The van der Waals surface area contributed by atoms with Crippen LogP contribution in [-0.2, 0) is 14.8 Å². The van der Waals surface area contributed by atoms with Crippen molar-refractivity contribution in [3.05, 3.63) is 77.0 Å². The van der Waals surface area contributed by atoms with Gasteiger partial charge in [-0.25, -0.2) is 8.42 Å². The van der Waals surface area contributed by atoms with E-state index in [-0.39, 0.29) is 17.2 Å². The van der Waals surface area contributed by atoms with Gasteiger partial charge in [-0.1, -0.05) is 42.5 Å². The number of hydrogen-bond donors (Lipinski definition) is 2. The summed E-state index contributed by atoms with van der Waals surface area (Å²) in [6.07, 6.45) is 0.235. The van der Waals surface area contributed by atoms with Crippen LogP contribution >= 0.6 is 11.3 Å². The minimum atomic E-state index is -3.96. The Bertz CT molecular complexity index is 1060. The molecule has 0 amide bonds. The van der Waals surface area contributed by atoms with Gasteiger partial charge in [-0.05, 0) is 52.1 Å². The highest BCUT2D eigenvalue weighted by Crippen LogP contribution is 2.52. The molecular formula is C20H17NO4S2. The third-order valence-corrected chi connectivity index (χ3v) is 7.09. The van der Waals surface area contributed by atoms with Crippen LogP contribution in [0.15, 0.2) is 76.3 Å². The van der Waals surface area contributed by atoms with Gasteiger partial charge in [0.15, 0.2) is 0 Å². The maximum atomic E-state index is 12.8. The summed E-state index contributed by atoms with van der Waals surface area (Å²) in [6, 6.07) is 17.5. The Morgan fingerprint density at radius 2 is 1.74 bits per heavy atom. The summed E-state index contributed by atoms with van der Waals surface area (Å²) in [4.78, 5) is 11.9. The molecule has 2 N–H and O–H groups in total. The Labute approximate surface area is 161 Å². The second-order valence-corrected chi connectivity index (χ2v) is 9.05. The predicted molar refractivity (Wildman–Crippen MR) is 104 cm³/mol. The molecule has 1 heterocycles. The van der Waals surface area contributed by atoms with Crippen LogP contribution < -0.4 is 4.72 Å². The molecule has 0 saturated heterocycles. The number of hydrogen-bond acceptors (Lipinski definition) is 4. The molecule has 4 rings (SSSR count). The molecule has 2 atom stereocenters. The van der Waals surface area contributed by atoms with Crippen molar-refractivity contribution in [2.45, 2.75) is 22.8 Å². The number of rotatable bonds is 6.